The van der Waals surface area contributed by atoms with Crippen molar-refractivity contribution < 1.29 is 4.79 Å². The van der Waals surface area contributed by atoms with E-state index in [1.165, 1.54) is 24.7 Å². The molecule has 2 heterocycles. The molecule has 0 aliphatic carbocycles. The first-order valence-corrected chi connectivity index (χ1v) is 5.73. The first kappa shape index (κ1) is 11.9. The van der Waals surface area contributed by atoms with E-state index in [4.69, 9.17) is 11.6 Å². The second kappa shape index (κ2) is 5.20. The second-order valence-corrected chi connectivity index (χ2v) is 4.29. The fourth-order valence-electron chi connectivity index (χ4n) is 1.09. The van der Waals surface area contributed by atoms with E-state index in [1.54, 1.807) is 6.07 Å². The maximum Gasteiger partial charge on any atom is 0.275 e. The zero-order valence-corrected chi connectivity index (χ0v) is 10.7. The van der Waals surface area contributed by atoms with Crippen molar-refractivity contribution in [2.75, 3.05) is 5.32 Å². The van der Waals surface area contributed by atoms with Crippen LogP contribution in [0.1, 0.15) is 10.5 Å². The number of hydrogen-bond acceptors (Lipinski definition) is 4. The first-order valence-electron chi connectivity index (χ1n) is 4.55. The number of carbonyl (C=O) groups is 1. The highest BCUT2D eigenvalue weighted by Gasteiger charge is 2.08. The van der Waals surface area contributed by atoms with E-state index in [9.17, 15) is 4.79 Å². The van der Waals surface area contributed by atoms with Gasteiger partial charge in [0.25, 0.3) is 5.91 Å². The lowest BCUT2D eigenvalue weighted by molar-refractivity contribution is 0.102. The Labute approximate surface area is 110 Å². The predicted molar refractivity (Wildman–Crippen MR) is 66.9 cm³/mol. The fraction of sp³-hybridized carbons (Fsp3) is 0. The van der Waals surface area contributed by atoms with Crippen molar-refractivity contribution in [1.82, 2.24) is 15.0 Å². The minimum atomic E-state index is -0.385. The molecule has 2 aromatic rings. The molecule has 0 radical (unpaired) electrons. The van der Waals surface area contributed by atoms with E-state index in [0.29, 0.717) is 15.4 Å². The van der Waals surface area contributed by atoms with Crippen LogP contribution in [0.25, 0.3) is 0 Å². The third-order valence-electron chi connectivity index (χ3n) is 1.82. The molecule has 0 unspecified atom stereocenters. The third kappa shape index (κ3) is 3.21. The van der Waals surface area contributed by atoms with Crippen LogP contribution in [0.3, 0.4) is 0 Å². The van der Waals surface area contributed by atoms with Crippen molar-refractivity contribution >= 4 is 39.3 Å². The molecule has 2 aromatic heterocycles. The van der Waals surface area contributed by atoms with Crippen molar-refractivity contribution in [1.29, 1.82) is 0 Å². The lowest BCUT2D eigenvalue weighted by Gasteiger charge is -2.03. The molecule has 86 valence electrons. The summed E-state index contributed by atoms with van der Waals surface area (Å²) in [6, 6.07) is 3.07. The number of nitrogens with one attached hydrogen (secondary N) is 1. The Morgan fingerprint density at radius 2 is 2.12 bits per heavy atom. The summed E-state index contributed by atoms with van der Waals surface area (Å²) in [7, 11) is 0. The molecular weight excluding hydrogens is 307 g/mol. The van der Waals surface area contributed by atoms with Crippen molar-refractivity contribution in [2.24, 2.45) is 0 Å². The smallest absolute Gasteiger partial charge is 0.275 e. The average Bonchev–Trinajstić information content (AvgIpc) is 2.32. The summed E-state index contributed by atoms with van der Waals surface area (Å²) in [5.41, 5.74) is 0.224. The molecule has 1 amide bonds. The van der Waals surface area contributed by atoms with Crippen molar-refractivity contribution in [2.45, 2.75) is 0 Å². The van der Waals surface area contributed by atoms with Gasteiger partial charge in [-0.3, -0.25) is 9.78 Å². The highest BCUT2D eigenvalue weighted by Crippen LogP contribution is 2.10. The molecule has 5 nitrogen and oxygen atoms in total. The van der Waals surface area contributed by atoms with Gasteiger partial charge in [0.2, 0.25) is 0 Å². The molecule has 0 bridgehead atoms. The monoisotopic (exact) mass is 312 g/mol. The maximum absolute atomic E-state index is 11.7. The Balaban J connectivity index is 2.14. The quantitative estimate of drug-likeness (QED) is 0.925. The SMILES string of the molecule is O=C(Nc1cnc(Br)cn1)c1cc(Cl)ccn1. The number of hydrogen-bond donors (Lipinski definition) is 1. The Bertz CT molecular complexity index is 546. The summed E-state index contributed by atoms with van der Waals surface area (Å²) in [5, 5.41) is 3.01. The van der Waals surface area contributed by atoms with Crippen LogP contribution in [0.4, 0.5) is 5.82 Å². The van der Waals surface area contributed by atoms with Crippen LogP contribution in [0.2, 0.25) is 5.02 Å². The molecule has 0 atom stereocenters. The summed E-state index contributed by atoms with van der Waals surface area (Å²) in [6.45, 7) is 0. The normalized spacial score (nSPS) is 10.0. The van der Waals surface area contributed by atoms with Gasteiger partial charge in [-0.15, -0.1) is 0 Å². The maximum atomic E-state index is 11.7. The molecule has 0 aromatic carbocycles. The van der Waals surface area contributed by atoms with Gasteiger partial charge in [0.15, 0.2) is 5.82 Å². The minimum Gasteiger partial charge on any atom is -0.304 e. The molecule has 0 saturated heterocycles. The standard InChI is InChI=1S/C10H6BrClN4O/c11-8-4-15-9(5-14-8)16-10(17)7-3-6(12)1-2-13-7/h1-5H,(H,15,16,17). The molecule has 17 heavy (non-hydrogen) atoms. The van der Waals surface area contributed by atoms with Gasteiger partial charge in [0.1, 0.15) is 10.3 Å². The number of halogens is 2. The van der Waals surface area contributed by atoms with Crippen LogP contribution < -0.4 is 5.32 Å². The lowest BCUT2D eigenvalue weighted by Crippen LogP contribution is -2.14. The topological polar surface area (TPSA) is 67.8 Å². The summed E-state index contributed by atoms with van der Waals surface area (Å²) in [4.78, 5) is 23.5. The number of aromatic nitrogens is 3. The van der Waals surface area contributed by atoms with Crippen LogP contribution in [0.15, 0.2) is 35.3 Å². The number of rotatable bonds is 2. The number of carbonyl (C=O) groups excluding carboxylic acids is 1. The van der Waals surface area contributed by atoms with Gasteiger partial charge in [0.05, 0.1) is 12.4 Å². The Kier molecular flexibility index (Phi) is 3.65. The molecule has 0 saturated carbocycles. The van der Waals surface area contributed by atoms with E-state index >= 15 is 0 Å². The van der Waals surface area contributed by atoms with Crippen molar-refractivity contribution in [3.63, 3.8) is 0 Å². The predicted octanol–water partition coefficient (Wildman–Crippen LogP) is 2.54. The van der Waals surface area contributed by atoms with Crippen LogP contribution in [0, 0.1) is 0 Å². The van der Waals surface area contributed by atoms with Gasteiger partial charge in [0, 0.05) is 11.2 Å². The van der Waals surface area contributed by atoms with Gasteiger partial charge in [-0.05, 0) is 28.1 Å². The fourth-order valence-corrected chi connectivity index (χ4v) is 1.45. The van der Waals surface area contributed by atoms with E-state index < -0.39 is 0 Å². The molecular formula is C10H6BrClN4O. The number of anilines is 1. The minimum absolute atomic E-state index is 0.224. The van der Waals surface area contributed by atoms with Crippen LogP contribution in [-0.4, -0.2) is 20.9 Å². The van der Waals surface area contributed by atoms with E-state index in [0.717, 1.165) is 0 Å². The van der Waals surface area contributed by atoms with Gasteiger partial charge in [-0.2, -0.15) is 0 Å². The second-order valence-electron chi connectivity index (χ2n) is 3.04. The zero-order valence-electron chi connectivity index (χ0n) is 8.39. The molecule has 0 aliphatic rings. The van der Waals surface area contributed by atoms with E-state index in [2.05, 4.69) is 36.2 Å². The zero-order chi connectivity index (χ0) is 12.3. The van der Waals surface area contributed by atoms with Crippen LogP contribution >= 0.6 is 27.5 Å². The summed E-state index contributed by atoms with van der Waals surface area (Å²) in [5.74, 6) is -0.0379. The summed E-state index contributed by atoms with van der Waals surface area (Å²) >= 11 is 8.91. The van der Waals surface area contributed by atoms with Crippen molar-refractivity contribution in [3.8, 4) is 0 Å². The lowest BCUT2D eigenvalue weighted by atomic mass is 10.3. The number of nitrogens with zero attached hydrogens (tertiary/aromatic N) is 3. The summed E-state index contributed by atoms with van der Waals surface area (Å²) < 4.78 is 0.594. The number of amides is 1. The highest BCUT2D eigenvalue weighted by molar-refractivity contribution is 9.10. The largest absolute Gasteiger partial charge is 0.304 e. The molecule has 2 rings (SSSR count). The Morgan fingerprint density at radius 1 is 1.29 bits per heavy atom. The highest BCUT2D eigenvalue weighted by atomic mass is 79.9. The van der Waals surface area contributed by atoms with Crippen LogP contribution in [0.5, 0.6) is 0 Å². The molecule has 0 fully saturated rings. The Morgan fingerprint density at radius 3 is 2.76 bits per heavy atom. The molecule has 1 N–H and O–H groups in total. The molecule has 7 heteroatoms. The number of pyridine rings is 1. The summed E-state index contributed by atoms with van der Waals surface area (Å²) in [6.07, 6.45) is 4.39. The van der Waals surface area contributed by atoms with E-state index in [1.807, 2.05) is 0 Å². The third-order valence-corrected chi connectivity index (χ3v) is 2.46. The van der Waals surface area contributed by atoms with Gasteiger partial charge in [-0.1, -0.05) is 11.6 Å². The molecule has 0 aliphatic heterocycles. The van der Waals surface area contributed by atoms with E-state index in [-0.39, 0.29) is 11.6 Å². The Hall–Kier alpha value is -1.53. The van der Waals surface area contributed by atoms with Gasteiger partial charge in [-0.25, -0.2) is 9.97 Å². The average molecular weight is 314 g/mol. The van der Waals surface area contributed by atoms with Gasteiger partial charge >= 0.3 is 0 Å². The van der Waals surface area contributed by atoms with Crippen molar-refractivity contribution in [3.05, 3.63) is 46.0 Å². The van der Waals surface area contributed by atoms with Gasteiger partial charge < -0.3 is 5.32 Å². The van der Waals surface area contributed by atoms with Crippen LogP contribution in [-0.2, 0) is 0 Å². The molecule has 0 spiro atoms. The first-order chi connectivity index (χ1) is 8.15.